The third-order valence-electron chi connectivity index (χ3n) is 3.58. The summed E-state index contributed by atoms with van der Waals surface area (Å²) in [6.45, 7) is 4.72. The van der Waals surface area contributed by atoms with Crippen molar-refractivity contribution in [2.24, 2.45) is 0 Å². The average Bonchev–Trinajstić information content (AvgIpc) is 2.37. The van der Waals surface area contributed by atoms with Crippen LogP contribution in [0.25, 0.3) is 0 Å². The first kappa shape index (κ1) is 18.2. The van der Waals surface area contributed by atoms with E-state index < -0.39 is 45.1 Å². The van der Waals surface area contributed by atoms with E-state index in [0.29, 0.717) is 0 Å². The molecule has 0 aliphatic carbocycles. The van der Waals surface area contributed by atoms with Gasteiger partial charge < -0.3 is 5.11 Å². The number of hydrogen-bond donors (Lipinski definition) is 1. The molecule has 0 radical (unpaired) electrons. The van der Waals surface area contributed by atoms with E-state index in [-0.39, 0.29) is 5.56 Å². The van der Waals surface area contributed by atoms with Crippen LogP contribution < -0.4 is 0 Å². The monoisotopic (exact) mass is 322 g/mol. The maximum atomic E-state index is 14.3. The highest BCUT2D eigenvalue weighted by molar-refractivity contribution is 7.86. The van der Waals surface area contributed by atoms with Crippen LogP contribution in [0.5, 0.6) is 0 Å². The van der Waals surface area contributed by atoms with Crippen LogP contribution >= 0.6 is 0 Å². The zero-order valence-corrected chi connectivity index (χ0v) is 13.4. The second-order valence-corrected chi connectivity index (χ2v) is 8.48. The molecule has 1 N–H and O–H groups in total. The molecule has 1 aromatic carbocycles. The fourth-order valence-electron chi connectivity index (χ4n) is 1.94. The van der Waals surface area contributed by atoms with Gasteiger partial charge >= 0.3 is 0 Å². The molecule has 0 unspecified atom stereocenters. The van der Waals surface area contributed by atoms with Gasteiger partial charge in [0.25, 0.3) is 5.92 Å². The quantitative estimate of drug-likeness (QED) is 0.903. The molecule has 0 heterocycles. The SMILES string of the molecule is CC(C)(C)[S@@](=O)C[C@](C)(c1ccccc1F)C(F)(F)CO. The molecule has 6 heteroatoms. The van der Waals surface area contributed by atoms with Crippen LogP contribution in [0.4, 0.5) is 13.2 Å². The number of hydrogen-bond acceptors (Lipinski definition) is 2. The van der Waals surface area contributed by atoms with Gasteiger partial charge in [-0.05, 0) is 33.8 Å². The Morgan fingerprint density at radius 3 is 2.10 bits per heavy atom. The maximum absolute atomic E-state index is 14.3. The zero-order valence-electron chi connectivity index (χ0n) is 12.6. The average molecular weight is 322 g/mol. The van der Waals surface area contributed by atoms with E-state index in [1.54, 1.807) is 20.8 Å². The lowest BCUT2D eigenvalue weighted by Crippen LogP contribution is -2.51. The molecule has 2 atom stereocenters. The minimum atomic E-state index is -3.59. The lowest BCUT2D eigenvalue weighted by molar-refractivity contribution is -0.103. The third kappa shape index (κ3) is 3.66. The Hall–Kier alpha value is -0.880. The van der Waals surface area contributed by atoms with Crippen molar-refractivity contribution >= 4 is 10.8 Å². The Labute approximate surface area is 125 Å². The van der Waals surface area contributed by atoms with E-state index in [4.69, 9.17) is 5.11 Å². The van der Waals surface area contributed by atoms with E-state index >= 15 is 0 Å². The van der Waals surface area contributed by atoms with Crippen molar-refractivity contribution in [3.05, 3.63) is 35.6 Å². The molecular weight excluding hydrogens is 301 g/mol. The molecule has 0 fully saturated rings. The molecule has 120 valence electrons. The second kappa shape index (κ2) is 6.08. The van der Waals surface area contributed by atoms with E-state index in [1.165, 1.54) is 18.2 Å². The minimum absolute atomic E-state index is 0.235. The number of halogens is 3. The van der Waals surface area contributed by atoms with Crippen molar-refractivity contribution in [1.29, 1.82) is 0 Å². The molecule has 0 saturated heterocycles. The molecular formula is C15H21F3O2S. The van der Waals surface area contributed by atoms with Gasteiger partial charge in [-0.25, -0.2) is 13.2 Å². The summed E-state index contributed by atoms with van der Waals surface area (Å²) in [4.78, 5) is 0. The van der Waals surface area contributed by atoms with Crippen LogP contribution in [0.2, 0.25) is 0 Å². The van der Waals surface area contributed by atoms with Gasteiger partial charge in [-0.3, -0.25) is 4.21 Å². The summed E-state index contributed by atoms with van der Waals surface area (Å²) in [5.41, 5.74) is -2.28. The molecule has 21 heavy (non-hydrogen) atoms. The lowest BCUT2D eigenvalue weighted by Gasteiger charge is -2.38. The topological polar surface area (TPSA) is 37.3 Å². The fourth-order valence-corrected chi connectivity index (χ4v) is 3.27. The number of rotatable bonds is 5. The highest BCUT2D eigenvalue weighted by atomic mass is 32.2. The predicted octanol–water partition coefficient (Wildman–Crippen LogP) is 3.26. The van der Waals surface area contributed by atoms with Gasteiger partial charge in [0.05, 0.1) is 5.41 Å². The summed E-state index contributed by atoms with van der Waals surface area (Å²) in [5, 5.41) is 9.03. The first-order valence-corrected chi connectivity index (χ1v) is 7.90. The molecule has 1 rings (SSSR count). The summed E-state index contributed by atoms with van der Waals surface area (Å²) < 4.78 is 54.1. The number of benzene rings is 1. The Morgan fingerprint density at radius 2 is 1.67 bits per heavy atom. The summed E-state index contributed by atoms with van der Waals surface area (Å²) in [6.07, 6.45) is 0. The minimum Gasteiger partial charge on any atom is -0.390 e. The standard InChI is InChI=1S/C15H21F3O2S/c1-13(2,3)21(20)10-14(4,15(17,18)9-19)11-7-5-6-8-12(11)16/h5-8,19H,9-10H2,1-4H3/t14-,21+/m1/s1. The first-order chi connectivity index (χ1) is 9.45. The summed E-state index contributed by atoms with van der Waals surface area (Å²) in [7, 11) is -1.62. The van der Waals surface area contributed by atoms with Gasteiger partial charge in [0.15, 0.2) is 0 Å². The van der Waals surface area contributed by atoms with E-state index in [2.05, 4.69) is 0 Å². The van der Waals surface area contributed by atoms with Gasteiger partial charge in [0, 0.05) is 26.9 Å². The molecule has 0 saturated carbocycles. The van der Waals surface area contributed by atoms with E-state index in [0.717, 1.165) is 13.0 Å². The lowest BCUT2D eigenvalue weighted by atomic mass is 9.78. The van der Waals surface area contributed by atoms with Crippen molar-refractivity contribution in [3.63, 3.8) is 0 Å². The molecule has 0 aliphatic rings. The smallest absolute Gasteiger partial charge is 0.280 e. The first-order valence-electron chi connectivity index (χ1n) is 6.58. The molecule has 0 bridgehead atoms. The molecule has 0 spiro atoms. The third-order valence-corrected chi connectivity index (χ3v) is 5.78. The normalized spacial score (nSPS) is 17.3. The van der Waals surface area contributed by atoms with Crippen LogP contribution in [0.1, 0.15) is 33.3 Å². The van der Waals surface area contributed by atoms with Crippen molar-refractivity contribution in [2.75, 3.05) is 12.4 Å². The van der Waals surface area contributed by atoms with E-state index in [1.807, 2.05) is 0 Å². The Kier molecular flexibility index (Phi) is 5.26. The van der Waals surface area contributed by atoms with Crippen LogP contribution in [0.15, 0.2) is 24.3 Å². The van der Waals surface area contributed by atoms with E-state index in [9.17, 15) is 17.4 Å². The maximum Gasteiger partial charge on any atom is 0.280 e. The van der Waals surface area contributed by atoms with Crippen molar-refractivity contribution in [3.8, 4) is 0 Å². The van der Waals surface area contributed by atoms with Crippen LogP contribution in [0, 0.1) is 5.82 Å². The van der Waals surface area contributed by atoms with Gasteiger partial charge in [0.2, 0.25) is 0 Å². The molecule has 0 aliphatic heterocycles. The zero-order chi connectivity index (χ0) is 16.5. The molecule has 2 nitrogen and oxygen atoms in total. The molecule has 1 aromatic rings. The number of alkyl halides is 2. The van der Waals surface area contributed by atoms with Crippen LogP contribution in [-0.2, 0) is 16.2 Å². The summed E-state index contributed by atoms with van der Waals surface area (Å²) in [6, 6.07) is 5.18. The second-order valence-electron chi connectivity index (χ2n) is 6.28. The van der Waals surface area contributed by atoms with Crippen LogP contribution in [-0.4, -0.2) is 32.3 Å². The molecule has 0 amide bonds. The summed E-state index contributed by atoms with van der Waals surface area (Å²) >= 11 is 0. The van der Waals surface area contributed by atoms with Crippen molar-refractivity contribution < 1.29 is 22.5 Å². The van der Waals surface area contributed by atoms with Crippen LogP contribution in [0.3, 0.4) is 0 Å². The van der Waals surface area contributed by atoms with Gasteiger partial charge in [-0.1, -0.05) is 18.2 Å². The van der Waals surface area contributed by atoms with Gasteiger partial charge in [-0.15, -0.1) is 0 Å². The van der Waals surface area contributed by atoms with Crippen molar-refractivity contribution in [1.82, 2.24) is 0 Å². The van der Waals surface area contributed by atoms with Crippen molar-refractivity contribution in [2.45, 2.75) is 43.8 Å². The predicted molar refractivity (Wildman–Crippen MR) is 78.5 cm³/mol. The van der Waals surface area contributed by atoms with Gasteiger partial charge in [-0.2, -0.15) is 0 Å². The summed E-state index contributed by atoms with van der Waals surface area (Å²) in [5.74, 6) is -4.82. The largest absolute Gasteiger partial charge is 0.390 e. The Morgan fingerprint density at radius 1 is 1.14 bits per heavy atom. The Bertz CT molecular complexity index is 526. The highest BCUT2D eigenvalue weighted by Gasteiger charge is 2.53. The molecule has 0 aromatic heterocycles. The number of aliphatic hydroxyl groups is 1. The highest BCUT2D eigenvalue weighted by Crippen LogP contribution is 2.42. The number of aliphatic hydroxyl groups excluding tert-OH is 1. The van der Waals surface area contributed by atoms with Gasteiger partial charge in [0.1, 0.15) is 12.4 Å². The fraction of sp³-hybridized carbons (Fsp3) is 0.600. The Balaban J connectivity index is 3.39.